The Hall–Kier alpha value is -3.68. The lowest BCUT2D eigenvalue weighted by molar-refractivity contribution is -0.136. The molecule has 1 aromatic heterocycles. The number of hydrogen-bond acceptors (Lipinski definition) is 5. The number of rotatable bonds is 9. The molecular weight excluding hydrogens is 423 g/mol. The average molecular weight is 448 g/mol. The van der Waals surface area contributed by atoms with Crippen LogP contribution in [0.4, 0.5) is 4.39 Å². The lowest BCUT2D eigenvalue weighted by Crippen LogP contribution is -2.14. The van der Waals surface area contributed by atoms with Crippen molar-refractivity contribution in [3.05, 3.63) is 89.2 Å². The number of nitrogens with two attached hydrogens (primary N) is 2. The Kier molecular flexibility index (Phi) is 6.72. The molecule has 170 valence electrons. The predicted octanol–water partition coefficient (Wildman–Crippen LogP) is 4.73. The van der Waals surface area contributed by atoms with E-state index >= 15 is 0 Å². The molecule has 0 saturated heterocycles. The van der Waals surface area contributed by atoms with Crippen molar-refractivity contribution in [2.75, 3.05) is 6.67 Å². The number of halogens is 1. The monoisotopic (exact) mass is 448 g/mol. The van der Waals surface area contributed by atoms with Crippen LogP contribution in [0, 0.1) is 0 Å². The second kappa shape index (κ2) is 9.85. The number of fused-ring (bicyclic) bond motifs is 1. The molecule has 0 radical (unpaired) electrons. The van der Waals surface area contributed by atoms with Crippen molar-refractivity contribution < 1.29 is 23.4 Å². The van der Waals surface area contributed by atoms with Crippen LogP contribution in [0.3, 0.4) is 0 Å². The average Bonchev–Trinajstić information content (AvgIpc) is 3.30. The van der Waals surface area contributed by atoms with Gasteiger partial charge in [0.15, 0.2) is 0 Å². The lowest BCUT2D eigenvalue weighted by Gasteiger charge is -2.15. The lowest BCUT2D eigenvalue weighted by atomic mass is 9.98. The number of benzene rings is 3. The van der Waals surface area contributed by atoms with Gasteiger partial charge in [-0.3, -0.25) is 4.79 Å². The molecule has 33 heavy (non-hydrogen) atoms. The van der Waals surface area contributed by atoms with Crippen molar-refractivity contribution in [3.63, 3.8) is 0 Å². The fraction of sp³-hybridized carbons (Fsp3) is 0.192. The number of carbonyl (C=O) groups is 1. The van der Waals surface area contributed by atoms with E-state index in [1.54, 1.807) is 24.5 Å². The van der Waals surface area contributed by atoms with Gasteiger partial charge in [0.05, 0.1) is 18.7 Å². The molecule has 6 nitrogen and oxygen atoms in total. The molecule has 3 aromatic carbocycles. The summed E-state index contributed by atoms with van der Waals surface area (Å²) < 4.78 is 24.9. The molecule has 0 aliphatic rings. The van der Waals surface area contributed by atoms with Crippen molar-refractivity contribution in [2.45, 2.75) is 25.6 Å². The zero-order valence-electron chi connectivity index (χ0n) is 18.0. The number of alkyl halides is 1. The molecule has 5 N–H and O–H groups in total. The summed E-state index contributed by atoms with van der Waals surface area (Å²) in [7, 11) is 0. The minimum atomic E-state index is -0.958. The van der Waals surface area contributed by atoms with Crippen molar-refractivity contribution in [1.29, 1.82) is 0 Å². The first-order valence-electron chi connectivity index (χ1n) is 10.6. The van der Waals surface area contributed by atoms with Gasteiger partial charge in [0, 0.05) is 17.5 Å². The molecule has 0 spiro atoms. The first-order chi connectivity index (χ1) is 16.0. The third-order valence-corrected chi connectivity index (χ3v) is 5.56. The molecule has 0 saturated carbocycles. The largest absolute Gasteiger partial charge is 0.489 e. The maximum atomic E-state index is 13.1. The van der Waals surface area contributed by atoms with E-state index in [0.717, 1.165) is 27.7 Å². The number of carboxylic acids is 1. The Labute approximate surface area is 190 Å². The Bertz CT molecular complexity index is 1280. The highest BCUT2D eigenvalue weighted by atomic mass is 19.1. The number of ether oxygens (including phenoxy) is 1. The summed E-state index contributed by atoms with van der Waals surface area (Å²) in [5.41, 5.74) is 17.0. The molecule has 1 atom stereocenters. The molecule has 0 aliphatic carbocycles. The van der Waals surface area contributed by atoms with Crippen molar-refractivity contribution >= 4 is 16.9 Å². The maximum Gasteiger partial charge on any atom is 0.307 e. The highest BCUT2D eigenvalue weighted by molar-refractivity contribution is 5.94. The second-order valence-electron chi connectivity index (χ2n) is 7.86. The van der Waals surface area contributed by atoms with Gasteiger partial charge in [-0.15, -0.1) is 0 Å². The molecule has 0 aliphatic heterocycles. The van der Waals surface area contributed by atoms with Gasteiger partial charge in [-0.05, 0) is 52.1 Å². The molecule has 1 unspecified atom stereocenters. The third-order valence-electron chi connectivity index (χ3n) is 5.56. The van der Waals surface area contributed by atoms with Crippen LogP contribution in [0.25, 0.3) is 22.1 Å². The van der Waals surface area contributed by atoms with Crippen molar-refractivity contribution in [3.8, 4) is 16.9 Å². The zero-order valence-corrected chi connectivity index (χ0v) is 18.0. The van der Waals surface area contributed by atoms with E-state index in [4.69, 9.17) is 20.6 Å². The minimum Gasteiger partial charge on any atom is -0.489 e. The molecular formula is C26H25FN2O4. The van der Waals surface area contributed by atoms with E-state index in [0.29, 0.717) is 29.0 Å². The van der Waals surface area contributed by atoms with Gasteiger partial charge < -0.3 is 25.7 Å². The fourth-order valence-electron chi connectivity index (χ4n) is 3.81. The van der Waals surface area contributed by atoms with Crippen LogP contribution >= 0.6 is 0 Å². The van der Waals surface area contributed by atoms with Gasteiger partial charge in [0.2, 0.25) is 0 Å². The Morgan fingerprint density at radius 2 is 1.94 bits per heavy atom. The van der Waals surface area contributed by atoms with Gasteiger partial charge in [0.1, 0.15) is 24.6 Å². The van der Waals surface area contributed by atoms with Crippen LogP contribution < -0.4 is 16.2 Å². The zero-order chi connectivity index (χ0) is 23.4. The van der Waals surface area contributed by atoms with Crippen LogP contribution in [-0.2, 0) is 24.4 Å². The summed E-state index contributed by atoms with van der Waals surface area (Å²) in [6.07, 6.45) is 1.46. The molecule has 7 heteroatoms. The van der Waals surface area contributed by atoms with Crippen molar-refractivity contribution in [1.82, 2.24) is 0 Å². The van der Waals surface area contributed by atoms with Crippen LogP contribution in [0.2, 0.25) is 0 Å². The maximum absolute atomic E-state index is 13.1. The first-order valence-corrected chi connectivity index (χ1v) is 10.6. The van der Waals surface area contributed by atoms with Crippen LogP contribution in [0.15, 0.2) is 71.3 Å². The minimum absolute atomic E-state index is 0.112. The fourth-order valence-corrected chi connectivity index (χ4v) is 3.81. The standard InChI is InChI=1S/C26H25FN2O4/c27-13-24(29)19-5-4-17(11-25(30)31)21(9-19)15-33-22-10-20-6-7-32-26(20)23(12-22)18-3-1-2-16(8-18)14-28/h1-10,12,24H,11,13-15,28-29H2,(H,30,31). The summed E-state index contributed by atoms with van der Waals surface area (Å²) >= 11 is 0. The van der Waals surface area contributed by atoms with Crippen LogP contribution in [0.5, 0.6) is 5.75 Å². The summed E-state index contributed by atoms with van der Waals surface area (Å²) in [5.74, 6) is -0.362. The smallest absolute Gasteiger partial charge is 0.307 e. The van der Waals surface area contributed by atoms with Crippen molar-refractivity contribution in [2.24, 2.45) is 11.5 Å². The molecule has 0 fully saturated rings. The second-order valence-corrected chi connectivity index (χ2v) is 7.86. The van der Waals surface area contributed by atoms with E-state index in [1.165, 1.54) is 0 Å². The third kappa shape index (κ3) is 5.05. The van der Waals surface area contributed by atoms with Gasteiger partial charge >= 0.3 is 5.97 Å². The molecule has 4 rings (SSSR count). The van der Waals surface area contributed by atoms with Gasteiger partial charge in [-0.2, -0.15) is 0 Å². The number of carboxylic acid groups (broad SMARTS) is 1. The van der Waals surface area contributed by atoms with Gasteiger partial charge in [0.25, 0.3) is 0 Å². The summed E-state index contributed by atoms with van der Waals surface area (Å²) in [6, 6.07) is 17.8. The molecule has 4 aromatic rings. The van der Waals surface area contributed by atoms with Crippen LogP contribution in [0.1, 0.15) is 28.3 Å². The highest BCUT2D eigenvalue weighted by Crippen LogP contribution is 2.34. The van der Waals surface area contributed by atoms with E-state index in [1.807, 2.05) is 42.5 Å². The Balaban J connectivity index is 1.68. The van der Waals surface area contributed by atoms with Crippen LogP contribution in [-0.4, -0.2) is 17.8 Å². The highest BCUT2D eigenvalue weighted by Gasteiger charge is 2.14. The summed E-state index contributed by atoms with van der Waals surface area (Å²) in [6.45, 7) is -0.170. The number of furan rings is 1. The predicted molar refractivity (Wildman–Crippen MR) is 125 cm³/mol. The molecule has 0 bridgehead atoms. The SMILES string of the molecule is NCc1cccc(-c2cc(OCc3cc(C(N)CF)ccc3CC(=O)O)cc3ccoc23)c1. The summed E-state index contributed by atoms with van der Waals surface area (Å²) in [4.78, 5) is 11.3. The first kappa shape index (κ1) is 22.5. The van der Waals surface area contributed by atoms with E-state index in [9.17, 15) is 14.3 Å². The van der Waals surface area contributed by atoms with Gasteiger partial charge in [-0.1, -0.05) is 36.4 Å². The van der Waals surface area contributed by atoms with E-state index in [2.05, 4.69) is 0 Å². The number of aliphatic carboxylic acids is 1. The Morgan fingerprint density at radius 3 is 2.70 bits per heavy atom. The summed E-state index contributed by atoms with van der Waals surface area (Å²) in [5, 5.41) is 10.1. The normalized spacial score (nSPS) is 12.1. The van der Waals surface area contributed by atoms with Gasteiger partial charge in [-0.25, -0.2) is 4.39 Å². The molecule has 0 amide bonds. The van der Waals surface area contributed by atoms with E-state index in [-0.39, 0.29) is 13.0 Å². The quantitative estimate of drug-likeness (QED) is 0.341. The Morgan fingerprint density at radius 1 is 1.09 bits per heavy atom. The van der Waals surface area contributed by atoms with E-state index < -0.39 is 18.7 Å². The number of hydrogen-bond donors (Lipinski definition) is 3. The topological polar surface area (TPSA) is 112 Å². The molecule has 1 heterocycles.